The number of hydrogen-bond donors (Lipinski definition) is 4. The monoisotopic (exact) mass is 492 g/mol. The van der Waals surface area contributed by atoms with E-state index in [-0.39, 0.29) is 40.8 Å². The molecule has 5 N–H and O–H groups in total. The fourth-order valence-corrected chi connectivity index (χ4v) is 7.40. The number of rotatable bonds is 6. The molecule has 0 saturated heterocycles. The lowest BCUT2D eigenvalue weighted by molar-refractivity contribution is -0.119. The lowest BCUT2D eigenvalue weighted by Crippen LogP contribution is -2.44. The van der Waals surface area contributed by atoms with E-state index in [1.54, 1.807) is 19.1 Å². The van der Waals surface area contributed by atoms with Gasteiger partial charge in [0.2, 0.25) is 5.91 Å². The van der Waals surface area contributed by atoms with Crippen molar-refractivity contribution in [1.29, 1.82) is 0 Å². The smallest absolute Gasteiger partial charge is 0.252 e. The van der Waals surface area contributed by atoms with Crippen LogP contribution in [-0.4, -0.2) is 34.7 Å². The average molecular weight is 493 g/mol. The van der Waals surface area contributed by atoms with Crippen molar-refractivity contribution in [1.82, 2.24) is 0 Å². The summed E-state index contributed by atoms with van der Waals surface area (Å²) >= 11 is 0. The zero-order valence-electron chi connectivity index (χ0n) is 21.0. The van der Waals surface area contributed by atoms with Crippen LogP contribution in [0.4, 0.5) is 5.69 Å². The van der Waals surface area contributed by atoms with Gasteiger partial charge in [-0.2, -0.15) is 0 Å². The van der Waals surface area contributed by atoms with Gasteiger partial charge in [-0.1, -0.05) is 19.1 Å². The average Bonchev–Trinajstić information content (AvgIpc) is 3.16. The van der Waals surface area contributed by atoms with E-state index < -0.39 is 5.91 Å². The third-order valence-corrected chi connectivity index (χ3v) is 9.18. The highest BCUT2D eigenvalue weighted by Crippen LogP contribution is 2.61. The molecule has 0 radical (unpaired) electrons. The normalized spacial score (nSPS) is 28.6. The predicted molar refractivity (Wildman–Crippen MR) is 137 cm³/mol. The SMILES string of the molecule is Cc1ccc(NC(=O)CCOC2CCC3C4CCc5cc(O)ccc5C4CCC23C)c(O)c1C(N)=O. The van der Waals surface area contributed by atoms with Gasteiger partial charge in [0.05, 0.1) is 30.4 Å². The molecule has 5 atom stereocenters. The van der Waals surface area contributed by atoms with Gasteiger partial charge in [-0.15, -0.1) is 0 Å². The number of anilines is 1. The molecule has 2 fully saturated rings. The largest absolute Gasteiger partial charge is 0.508 e. The van der Waals surface area contributed by atoms with E-state index in [0.29, 0.717) is 35.7 Å². The van der Waals surface area contributed by atoms with E-state index in [4.69, 9.17) is 10.5 Å². The zero-order valence-corrected chi connectivity index (χ0v) is 21.0. The number of ether oxygens (including phenoxy) is 1. The molecular weight excluding hydrogens is 456 g/mol. The Balaban J connectivity index is 1.19. The Kier molecular flexibility index (Phi) is 6.45. The Labute approximate surface area is 212 Å². The Bertz CT molecular complexity index is 1190. The van der Waals surface area contributed by atoms with Crippen molar-refractivity contribution < 1.29 is 24.5 Å². The first-order valence-electron chi connectivity index (χ1n) is 13.0. The molecule has 2 aromatic carbocycles. The van der Waals surface area contributed by atoms with Crippen LogP contribution in [-0.2, 0) is 16.0 Å². The Morgan fingerprint density at radius 2 is 1.94 bits per heavy atom. The van der Waals surface area contributed by atoms with Gasteiger partial charge in [0.25, 0.3) is 5.91 Å². The maximum atomic E-state index is 12.6. The minimum atomic E-state index is -0.734. The molecule has 3 aliphatic rings. The summed E-state index contributed by atoms with van der Waals surface area (Å²) in [4.78, 5) is 24.2. The number of nitrogens with two attached hydrogens (primary N) is 1. The Hall–Kier alpha value is -3.06. The topological polar surface area (TPSA) is 122 Å². The first kappa shape index (κ1) is 24.6. The van der Waals surface area contributed by atoms with Crippen LogP contribution in [0.1, 0.15) is 78.4 Å². The molecule has 5 rings (SSSR count). The van der Waals surface area contributed by atoms with E-state index in [2.05, 4.69) is 18.3 Å². The fraction of sp³-hybridized carbons (Fsp3) is 0.517. The molecule has 0 bridgehead atoms. The van der Waals surface area contributed by atoms with Crippen LogP contribution in [0.2, 0.25) is 0 Å². The summed E-state index contributed by atoms with van der Waals surface area (Å²) in [6.07, 6.45) is 6.86. The van der Waals surface area contributed by atoms with Crippen molar-refractivity contribution in [2.24, 2.45) is 23.0 Å². The summed E-state index contributed by atoms with van der Waals surface area (Å²) in [6.45, 7) is 4.36. The quantitative estimate of drug-likeness (QED) is 0.433. The van der Waals surface area contributed by atoms with Crippen LogP contribution in [0.25, 0.3) is 0 Å². The Morgan fingerprint density at radius 3 is 2.72 bits per heavy atom. The van der Waals surface area contributed by atoms with Gasteiger partial charge in [0, 0.05) is 0 Å². The number of carbonyl (C=O) groups is 2. The second kappa shape index (κ2) is 9.43. The highest BCUT2D eigenvalue weighted by molar-refractivity contribution is 6.01. The number of primary amides is 1. The first-order chi connectivity index (χ1) is 17.2. The van der Waals surface area contributed by atoms with E-state index in [1.807, 2.05) is 12.1 Å². The molecule has 36 heavy (non-hydrogen) atoms. The third kappa shape index (κ3) is 4.23. The zero-order chi connectivity index (χ0) is 25.6. The molecule has 3 aliphatic carbocycles. The van der Waals surface area contributed by atoms with Gasteiger partial charge < -0.3 is 26.0 Å². The molecule has 2 saturated carbocycles. The lowest BCUT2D eigenvalue weighted by atomic mass is 9.55. The number of carbonyl (C=O) groups excluding carboxylic acids is 2. The molecule has 5 unspecified atom stereocenters. The van der Waals surface area contributed by atoms with Crippen LogP contribution in [0.15, 0.2) is 30.3 Å². The molecule has 7 nitrogen and oxygen atoms in total. The molecule has 0 spiro atoms. The van der Waals surface area contributed by atoms with Crippen molar-refractivity contribution in [3.8, 4) is 11.5 Å². The van der Waals surface area contributed by atoms with E-state index in [0.717, 1.165) is 38.5 Å². The molecule has 2 amide bonds. The highest BCUT2D eigenvalue weighted by Gasteiger charge is 2.55. The standard InChI is InChI=1S/C29H36N2O5/c1-16-3-9-23(27(34)26(16)28(30)35)31-25(33)12-14-36-24-10-8-22-21-6-4-17-15-18(32)5-7-19(17)20(21)11-13-29(22,24)2/h3,5,7,9,15,20-22,24,32,34H,4,6,8,10-14H2,1-2H3,(H2,30,35)(H,31,33). The number of aryl methyl sites for hydroxylation is 2. The molecule has 0 aromatic heterocycles. The molecular formula is C29H36N2O5. The van der Waals surface area contributed by atoms with Crippen LogP contribution in [0.5, 0.6) is 11.5 Å². The second-order valence-corrected chi connectivity index (χ2v) is 11.1. The third-order valence-electron chi connectivity index (χ3n) is 9.18. The summed E-state index contributed by atoms with van der Waals surface area (Å²) in [5, 5.41) is 22.9. The summed E-state index contributed by atoms with van der Waals surface area (Å²) in [5.41, 5.74) is 8.95. The van der Waals surface area contributed by atoms with Crippen molar-refractivity contribution in [2.75, 3.05) is 11.9 Å². The first-order valence-corrected chi connectivity index (χ1v) is 13.0. The summed E-state index contributed by atoms with van der Waals surface area (Å²) in [5.74, 6) is 0.851. The van der Waals surface area contributed by atoms with Crippen molar-refractivity contribution >= 4 is 17.5 Å². The molecule has 2 aromatic rings. The van der Waals surface area contributed by atoms with Gasteiger partial charge in [-0.05, 0) is 104 Å². The Morgan fingerprint density at radius 1 is 1.14 bits per heavy atom. The highest BCUT2D eigenvalue weighted by atomic mass is 16.5. The number of fused-ring (bicyclic) bond motifs is 5. The summed E-state index contributed by atoms with van der Waals surface area (Å²) in [6, 6.07) is 9.11. The number of phenolic OH excluding ortho intramolecular Hbond substituents is 1. The number of aromatic hydroxyl groups is 2. The van der Waals surface area contributed by atoms with Gasteiger partial charge in [0.15, 0.2) is 5.75 Å². The minimum absolute atomic E-state index is 0.0201. The fourth-order valence-electron chi connectivity index (χ4n) is 7.40. The summed E-state index contributed by atoms with van der Waals surface area (Å²) < 4.78 is 6.33. The van der Waals surface area contributed by atoms with Crippen molar-refractivity contribution in [3.05, 3.63) is 52.6 Å². The van der Waals surface area contributed by atoms with Crippen LogP contribution in [0, 0.1) is 24.2 Å². The van der Waals surface area contributed by atoms with Crippen molar-refractivity contribution in [3.63, 3.8) is 0 Å². The van der Waals surface area contributed by atoms with E-state index in [1.165, 1.54) is 11.1 Å². The number of hydrogen-bond acceptors (Lipinski definition) is 5. The van der Waals surface area contributed by atoms with E-state index in [9.17, 15) is 19.8 Å². The lowest BCUT2D eigenvalue weighted by Gasteiger charge is -2.50. The van der Waals surface area contributed by atoms with Crippen LogP contribution < -0.4 is 11.1 Å². The van der Waals surface area contributed by atoms with Gasteiger partial charge in [-0.3, -0.25) is 9.59 Å². The number of nitrogens with one attached hydrogen (secondary N) is 1. The number of phenols is 2. The van der Waals surface area contributed by atoms with Gasteiger partial charge in [0.1, 0.15) is 5.75 Å². The molecule has 0 aliphatic heterocycles. The molecule has 7 heteroatoms. The second-order valence-electron chi connectivity index (χ2n) is 11.1. The summed E-state index contributed by atoms with van der Waals surface area (Å²) in [7, 11) is 0. The maximum Gasteiger partial charge on any atom is 0.252 e. The van der Waals surface area contributed by atoms with E-state index >= 15 is 0 Å². The van der Waals surface area contributed by atoms with Gasteiger partial charge in [-0.25, -0.2) is 0 Å². The number of benzene rings is 2. The van der Waals surface area contributed by atoms with Gasteiger partial charge >= 0.3 is 0 Å². The minimum Gasteiger partial charge on any atom is -0.508 e. The van der Waals surface area contributed by atoms with Crippen LogP contribution >= 0.6 is 0 Å². The number of amides is 2. The molecule has 0 heterocycles. The maximum absolute atomic E-state index is 12.6. The predicted octanol–water partition coefficient (Wildman–Crippen LogP) is 4.78. The van der Waals surface area contributed by atoms with Crippen LogP contribution in [0.3, 0.4) is 0 Å². The molecule has 192 valence electrons. The van der Waals surface area contributed by atoms with Crippen molar-refractivity contribution in [2.45, 2.75) is 70.8 Å².